The molecule has 0 saturated carbocycles. The van der Waals surface area contributed by atoms with Gasteiger partial charge >= 0.3 is 0 Å². The minimum absolute atomic E-state index is 1.04. The predicted molar refractivity (Wildman–Crippen MR) is 279 cm³/mol. The number of nitrogens with zero attached hydrogens (tertiary/aromatic N) is 4. The van der Waals surface area contributed by atoms with Crippen molar-refractivity contribution in [2.24, 2.45) is 0 Å². The van der Waals surface area contributed by atoms with Gasteiger partial charge in [0.25, 0.3) is 0 Å². The second-order valence-electron chi connectivity index (χ2n) is 17.0. The lowest BCUT2D eigenvalue weighted by Gasteiger charge is -2.30. The quantitative estimate of drug-likeness (QED) is 0.152. The van der Waals surface area contributed by atoms with Crippen molar-refractivity contribution in [2.75, 3.05) is 9.80 Å². The van der Waals surface area contributed by atoms with Gasteiger partial charge in [-0.25, -0.2) is 0 Å². The van der Waals surface area contributed by atoms with Crippen molar-refractivity contribution in [1.29, 1.82) is 0 Å². The van der Waals surface area contributed by atoms with Gasteiger partial charge in [-0.3, -0.25) is 0 Å². The minimum Gasteiger partial charge on any atom is -0.310 e. The molecule has 0 amide bonds. The maximum absolute atomic E-state index is 2.46. The van der Waals surface area contributed by atoms with Crippen molar-refractivity contribution < 1.29 is 0 Å². The monoisotopic (exact) mass is 842 g/mol. The van der Waals surface area contributed by atoms with Crippen LogP contribution in [-0.4, -0.2) is 9.13 Å². The number of aromatic nitrogens is 2. The van der Waals surface area contributed by atoms with Crippen LogP contribution in [0.25, 0.3) is 76.5 Å². The summed E-state index contributed by atoms with van der Waals surface area (Å²) in [6, 6.07) is 92.7. The lowest BCUT2D eigenvalue weighted by atomic mass is 10.0. The van der Waals surface area contributed by atoms with E-state index in [9.17, 15) is 0 Å². The summed E-state index contributed by atoms with van der Waals surface area (Å²) in [5, 5.41) is 9.68. The van der Waals surface area contributed by atoms with Gasteiger partial charge in [0.15, 0.2) is 0 Å². The molecular weight excluding hydrogens is 801 g/mol. The Morgan fingerprint density at radius 2 is 0.758 bits per heavy atom. The molecule has 310 valence electrons. The fraction of sp³-hybridized carbons (Fsp3) is 0. The molecular formula is C62H42N4. The van der Waals surface area contributed by atoms with Crippen molar-refractivity contribution in [1.82, 2.24) is 9.13 Å². The number of fused-ring (bicyclic) bond motifs is 8. The normalized spacial score (nSPS) is 11.6. The Morgan fingerprint density at radius 1 is 0.242 bits per heavy atom. The number of hydrogen-bond donors (Lipinski definition) is 0. The van der Waals surface area contributed by atoms with E-state index in [1.807, 2.05) is 0 Å². The molecule has 0 aliphatic carbocycles. The molecule has 0 aliphatic heterocycles. The highest BCUT2D eigenvalue weighted by Gasteiger charge is 2.26. The third kappa shape index (κ3) is 6.15. The van der Waals surface area contributed by atoms with Crippen LogP contribution in [0.4, 0.5) is 34.1 Å². The van der Waals surface area contributed by atoms with Gasteiger partial charge in [0.05, 0.1) is 33.4 Å². The van der Waals surface area contributed by atoms with Crippen LogP contribution in [0.1, 0.15) is 0 Å². The molecule has 2 heterocycles. The van der Waals surface area contributed by atoms with Crippen LogP contribution in [-0.2, 0) is 0 Å². The fourth-order valence-corrected chi connectivity index (χ4v) is 10.3. The lowest BCUT2D eigenvalue weighted by Crippen LogP contribution is -2.14. The Morgan fingerprint density at radius 3 is 1.44 bits per heavy atom. The van der Waals surface area contributed by atoms with Crippen molar-refractivity contribution in [2.45, 2.75) is 0 Å². The molecule has 2 aromatic heterocycles. The van der Waals surface area contributed by atoms with Crippen LogP contribution in [0.3, 0.4) is 0 Å². The summed E-state index contributed by atoms with van der Waals surface area (Å²) in [4.78, 5) is 4.86. The van der Waals surface area contributed by atoms with Crippen LogP contribution >= 0.6 is 0 Å². The molecule has 11 aromatic carbocycles. The van der Waals surface area contributed by atoms with Crippen molar-refractivity contribution in [3.05, 3.63) is 255 Å². The third-order valence-corrected chi connectivity index (χ3v) is 13.2. The zero-order valence-corrected chi connectivity index (χ0v) is 36.0. The molecule has 66 heavy (non-hydrogen) atoms. The molecule has 0 spiro atoms. The Kier molecular flexibility index (Phi) is 8.81. The van der Waals surface area contributed by atoms with E-state index in [1.54, 1.807) is 0 Å². The van der Waals surface area contributed by atoms with Gasteiger partial charge < -0.3 is 18.9 Å². The van der Waals surface area contributed by atoms with Crippen LogP contribution in [0.15, 0.2) is 255 Å². The number of anilines is 6. The number of rotatable bonds is 8. The van der Waals surface area contributed by atoms with Crippen LogP contribution < -0.4 is 9.80 Å². The summed E-state index contributed by atoms with van der Waals surface area (Å²) >= 11 is 0. The number of para-hydroxylation sites is 5. The summed E-state index contributed by atoms with van der Waals surface area (Å²) in [7, 11) is 0. The van der Waals surface area contributed by atoms with Gasteiger partial charge in [-0.15, -0.1) is 0 Å². The Hall–Kier alpha value is -8.86. The maximum Gasteiger partial charge on any atom is 0.0583 e. The van der Waals surface area contributed by atoms with Crippen molar-refractivity contribution in [3.63, 3.8) is 0 Å². The lowest BCUT2D eigenvalue weighted by molar-refractivity contribution is 1.17. The first kappa shape index (κ1) is 37.7. The Labute approximate surface area is 382 Å². The van der Waals surface area contributed by atoms with Gasteiger partial charge in [0.2, 0.25) is 0 Å². The summed E-state index contributed by atoms with van der Waals surface area (Å²) in [6.07, 6.45) is 0. The third-order valence-electron chi connectivity index (χ3n) is 13.2. The van der Waals surface area contributed by atoms with E-state index in [4.69, 9.17) is 0 Å². The first-order valence-electron chi connectivity index (χ1n) is 22.6. The van der Waals surface area contributed by atoms with Gasteiger partial charge in [-0.05, 0) is 125 Å². The Bertz CT molecular complexity index is 3890. The van der Waals surface area contributed by atoms with E-state index < -0.39 is 0 Å². The van der Waals surface area contributed by atoms with Crippen molar-refractivity contribution in [3.8, 4) is 11.4 Å². The molecule has 13 rings (SSSR count). The molecule has 0 aliphatic rings. The fourth-order valence-electron chi connectivity index (χ4n) is 10.3. The van der Waals surface area contributed by atoms with Crippen LogP contribution in [0, 0.1) is 0 Å². The Balaban J connectivity index is 1.15. The zero-order valence-electron chi connectivity index (χ0n) is 36.0. The van der Waals surface area contributed by atoms with E-state index in [0.717, 1.165) is 62.0 Å². The second kappa shape index (κ2) is 15.4. The standard InChI is InChI=1S/C62H42N4/c1-5-23-47(24-6-1)63(52-35-36-54-56-38-45-21-15-16-22-46(45)39-58(56)65(59(54)40-52)50-29-11-4-12-30-50)53-41-60(64(48-25-7-2-8-26-48)49-27-9-3-10-28-49)62-55-31-17-18-32-57(55)66(61(62)42-53)51-34-33-43-19-13-14-20-44(43)37-51/h1-42H. The van der Waals surface area contributed by atoms with Gasteiger partial charge in [-0.2, -0.15) is 0 Å². The average molecular weight is 843 g/mol. The topological polar surface area (TPSA) is 16.3 Å². The predicted octanol–water partition coefficient (Wildman–Crippen LogP) is 17.1. The summed E-state index contributed by atoms with van der Waals surface area (Å²) in [5.74, 6) is 0. The molecule has 0 unspecified atom stereocenters. The number of benzene rings is 11. The van der Waals surface area contributed by atoms with Crippen molar-refractivity contribution >= 4 is 99.3 Å². The van der Waals surface area contributed by atoms with E-state index in [-0.39, 0.29) is 0 Å². The highest BCUT2D eigenvalue weighted by Crippen LogP contribution is 2.49. The molecule has 0 atom stereocenters. The van der Waals surface area contributed by atoms with E-state index in [0.29, 0.717) is 0 Å². The molecule has 0 bridgehead atoms. The molecule has 0 saturated heterocycles. The molecule has 4 nitrogen and oxygen atoms in total. The SMILES string of the molecule is c1ccc(N(c2ccc3c4cc5ccccc5cc4n(-c4ccccc4)c3c2)c2cc(N(c3ccccc3)c3ccccc3)c3c4ccccc4n(-c4ccc5ccccc5c4)c3c2)cc1. The molecule has 13 aromatic rings. The van der Waals surface area contributed by atoms with Gasteiger partial charge in [0.1, 0.15) is 0 Å². The average Bonchev–Trinajstić information content (AvgIpc) is 3.89. The van der Waals surface area contributed by atoms with Gasteiger partial charge in [-0.1, -0.05) is 152 Å². The van der Waals surface area contributed by atoms with Crippen LogP contribution in [0.2, 0.25) is 0 Å². The van der Waals surface area contributed by atoms with E-state index in [2.05, 4.69) is 274 Å². The largest absolute Gasteiger partial charge is 0.310 e. The number of hydrogen-bond acceptors (Lipinski definition) is 2. The van der Waals surface area contributed by atoms with Gasteiger partial charge in [0, 0.05) is 55.7 Å². The first-order valence-corrected chi connectivity index (χ1v) is 22.6. The van der Waals surface area contributed by atoms with E-state index in [1.165, 1.54) is 48.6 Å². The highest BCUT2D eigenvalue weighted by atomic mass is 15.2. The summed E-state index contributed by atoms with van der Waals surface area (Å²) < 4.78 is 4.89. The second-order valence-corrected chi connectivity index (χ2v) is 17.0. The first-order chi connectivity index (χ1) is 32.7. The smallest absolute Gasteiger partial charge is 0.0583 e. The minimum atomic E-state index is 1.04. The highest BCUT2D eigenvalue weighted by molar-refractivity contribution is 6.19. The van der Waals surface area contributed by atoms with Crippen LogP contribution in [0.5, 0.6) is 0 Å². The zero-order chi connectivity index (χ0) is 43.6. The molecule has 4 heteroatoms. The summed E-state index contributed by atoms with van der Waals surface area (Å²) in [6.45, 7) is 0. The summed E-state index contributed by atoms with van der Waals surface area (Å²) in [5.41, 5.74) is 13.2. The molecule has 0 radical (unpaired) electrons. The molecule has 0 N–H and O–H groups in total. The van der Waals surface area contributed by atoms with E-state index >= 15 is 0 Å². The molecule has 0 fully saturated rings. The maximum atomic E-state index is 2.46.